The minimum absolute atomic E-state index is 0.00592. The lowest BCUT2D eigenvalue weighted by molar-refractivity contribution is -0.120. The van der Waals surface area contributed by atoms with Gasteiger partial charge in [-0.25, -0.2) is 8.42 Å². The first-order valence-corrected chi connectivity index (χ1v) is 12.0. The number of hydrazine groups is 1. The molecule has 9 heteroatoms. The van der Waals surface area contributed by atoms with Crippen LogP contribution in [0, 0.1) is 6.92 Å². The summed E-state index contributed by atoms with van der Waals surface area (Å²) in [5, 5.41) is 9.94. The van der Waals surface area contributed by atoms with Crippen molar-refractivity contribution in [3.8, 4) is 11.5 Å². The summed E-state index contributed by atoms with van der Waals surface area (Å²) in [6.45, 7) is 7.49. The Hall–Kier alpha value is -3.98. The Labute approximate surface area is 199 Å². The second kappa shape index (κ2) is 10.8. The molecule has 3 N–H and O–H groups in total. The topological polar surface area (TPSA) is 108 Å². The van der Waals surface area contributed by atoms with Crippen molar-refractivity contribution >= 4 is 27.3 Å². The van der Waals surface area contributed by atoms with Crippen LogP contribution in [-0.2, 0) is 14.8 Å². The standard InChI is InChI=1S/C25H27N3O5S/c1-4-33-21-13-15-22(16-14-21)34(31,32)28(20-11-9-18(2)10-12-20)17-25(30)27-26-19(3)23-7-5-6-8-24(23)29/h5-16,26,29H,3-4,17H2,1-2H3,(H,27,30). The number of sulfonamides is 1. The summed E-state index contributed by atoms with van der Waals surface area (Å²) in [5.41, 5.74) is 7.02. The number of amides is 1. The summed E-state index contributed by atoms with van der Waals surface area (Å²) in [6, 6.07) is 19.4. The lowest BCUT2D eigenvalue weighted by atomic mass is 10.1. The van der Waals surface area contributed by atoms with Crippen molar-refractivity contribution in [2.45, 2.75) is 18.7 Å². The van der Waals surface area contributed by atoms with Gasteiger partial charge in [0, 0.05) is 5.56 Å². The van der Waals surface area contributed by atoms with E-state index in [-0.39, 0.29) is 16.3 Å². The summed E-state index contributed by atoms with van der Waals surface area (Å²) in [4.78, 5) is 12.8. The van der Waals surface area contributed by atoms with E-state index in [0.29, 0.717) is 23.6 Å². The fourth-order valence-corrected chi connectivity index (χ4v) is 4.56. The van der Waals surface area contributed by atoms with Crippen LogP contribution in [0.4, 0.5) is 5.69 Å². The molecule has 0 fully saturated rings. The Bertz CT molecular complexity index is 1260. The van der Waals surface area contributed by atoms with E-state index in [1.54, 1.807) is 54.6 Å². The molecule has 3 rings (SSSR count). The number of rotatable bonds is 10. The largest absolute Gasteiger partial charge is 0.507 e. The molecule has 0 saturated heterocycles. The van der Waals surface area contributed by atoms with E-state index in [0.717, 1.165) is 9.87 Å². The number of ether oxygens (including phenoxy) is 1. The first-order valence-electron chi connectivity index (χ1n) is 10.6. The van der Waals surface area contributed by atoms with Crippen LogP contribution in [0.25, 0.3) is 5.70 Å². The van der Waals surface area contributed by atoms with E-state index < -0.39 is 22.5 Å². The van der Waals surface area contributed by atoms with Gasteiger partial charge in [0.05, 0.1) is 22.9 Å². The van der Waals surface area contributed by atoms with Crippen LogP contribution < -0.4 is 19.9 Å². The highest BCUT2D eigenvalue weighted by Crippen LogP contribution is 2.26. The molecule has 0 unspecified atom stereocenters. The normalized spacial score (nSPS) is 10.9. The van der Waals surface area contributed by atoms with Crippen molar-refractivity contribution in [1.29, 1.82) is 0 Å². The number of para-hydroxylation sites is 1. The van der Waals surface area contributed by atoms with Crippen molar-refractivity contribution in [3.63, 3.8) is 0 Å². The van der Waals surface area contributed by atoms with Gasteiger partial charge in [-0.15, -0.1) is 0 Å². The van der Waals surface area contributed by atoms with E-state index in [1.807, 2.05) is 13.8 Å². The molecular formula is C25H27N3O5S. The number of aromatic hydroxyl groups is 1. The first-order chi connectivity index (χ1) is 16.2. The average Bonchev–Trinajstić information content (AvgIpc) is 2.82. The quantitative estimate of drug-likeness (QED) is 0.382. The van der Waals surface area contributed by atoms with Gasteiger partial charge in [0.25, 0.3) is 15.9 Å². The highest BCUT2D eigenvalue weighted by molar-refractivity contribution is 7.92. The molecule has 0 saturated carbocycles. The van der Waals surface area contributed by atoms with Gasteiger partial charge in [0.2, 0.25) is 0 Å². The summed E-state index contributed by atoms with van der Waals surface area (Å²) >= 11 is 0. The third-order valence-corrected chi connectivity index (χ3v) is 6.70. The van der Waals surface area contributed by atoms with Gasteiger partial charge in [-0.1, -0.05) is 36.4 Å². The molecular weight excluding hydrogens is 454 g/mol. The SMILES string of the molecule is C=C(NNC(=O)CN(c1ccc(C)cc1)S(=O)(=O)c1ccc(OCC)cc1)c1ccccc1O. The zero-order chi connectivity index (χ0) is 24.7. The number of anilines is 1. The predicted octanol–water partition coefficient (Wildman–Crippen LogP) is 3.59. The smallest absolute Gasteiger partial charge is 0.264 e. The van der Waals surface area contributed by atoms with Crippen LogP contribution in [-0.4, -0.2) is 32.6 Å². The van der Waals surface area contributed by atoms with Crippen LogP contribution in [0.5, 0.6) is 11.5 Å². The van der Waals surface area contributed by atoms with Crippen LogP contribution in [0.1, 0.15) is 18.1 Å². The number of carbonyl (C=O) groups is 1. The number of nitrogens with zero attached hydrogens (tertiary/aromatic N) is 1. The number of nitrogens with one attached hydrogen (secondary N) is 2. The number of phenols is 1. The van der Waals surface area contributed by atoms with Crippen molar-refractivity contribution in [1.82, 2.24) is 10.9 Å². The molecule has 0 aliphatic carbocycles. The second-order valence-corrected chi connectivity index (χ2v) is 9.28. The highest BCUT2D eigenvalue weighted by Gasteiger charge is 2.27. The van der Waals surface area contributed by atoms with Crippen LogP contribution in [0.3, 0.4) is 0 Å². The van der Waals surface area contributed by atoms with Crippen molar-refractivity contribution in [3.05, 3.63) is 90.5 Å². The Kier molecular flexibility index (Phi) is 7.80. The Balaban J connectivity index is 1.82. The molecule has 0 spiro atoms. The number of hydrogen-bond acceptors (Lipinski definition) is 6. The number of hydrogen-bond donors (Lipinski definition) is 3. The molecule has 178 valence electrons. The highest BCUT2D eigenvalue weighted by atomic mass is 32.2. The molecule has 34 heavy (non-hydrogen) atoms. The van der Waals surface area contributed by atoms with Gasteiger partial charge >= 0.3 is 0 Å². The summed E-state index contributed by atoms with van der Waals surface area (Å²) in [5.74, 6) is -0.0757. The fourth-order valence-electron chi connectivity index (χ4n) is 3.14. The molecule has 8 nitrogen and oxygen atoms in total. The van der Waals surface area contributed by atoms with Gasteiger partial charge < -0.3 is 9.84 Å². The van der Waals surface area contributed by atoms with Gasteiger partial charge in [0.1, 0.15) is 18.0 Å². The van der Waals surface area contributed by atoms with Crippen LogP contribution >= 0.6 is 0 Å². The number of aryl methyl sites for hydroxylation is 1. The molecule has 0 aromatic heterocycles. The third-order valence-electron chi connectivity index (χ3n) is 4.91. The molecule has 3 aromatic carbocycles. The molecule has 0 aliphatic heterocycles. The van der Waals surface area contributed by atoms with Gasteiger partial charge in [-0.3, -0.25) is 20.0 Å². The third kappa shape index (κ3) is 5.87. The average molecular weight is 482 g/mol. The summed E-state index contributed by atoms with van der Waals surface area (Å²) in [7, 11) is -4.06. The van der Waals surface area contributed by atoms with E-state index in [9.17, 15) is 18.3 Å². The molecule has 0 heterocycles. The van der Waals surface area contributed by atoms with E-state index in [1.165, 1.54) is 18.2 Å². The maximum atomic E-state index is 13.5. The van der Waals surface area contributed by atoms with Crippen molar-refractivity contribution in [2.75, 3.05) is 17.5 Å². The van der Waals surface area contributed by atoms with Crippen molar-refractivity contribution in [2.24, 2.45) is 0 Å². The molecule has 1 amide bonds. The van der Waals surface area contributed by atoms with Crippen LogP contribution in [0.2, 0.25) is 0 Å². The summed E-state index contributed by atoms with van der Waals surface area (Å²) < 4.78 is 33.3. The van der Waals surface area contributed by atoms with E-state index >= 15 is 0 Å². The molecule has 0 atom stereocenters. The molecule has 0 aliphatic rings. The second-order valence-electron chi connectivity index (χ2n) is 7.42. The minimum Gasteiger partial charge on any atom is -0.507 e. The summed E-state index contributed by atoms with van der Waals surface area (Å²) in [6.07, 6.45) is 0. The Morgan fingerprint density at radius 3 is 2.26 bits per heavy atom. The predicted molar refractivity (Wildman–Crippen MR) is 132 cm³/mol. The minimum atomic E-state index is -4.06. The van der Waals surface area contributed by atoms with E-state index in [4.69, 9.17) is 4.74 Å². The number of carbonyl (C=O) groups excluding carboxylic acids is 1. The van der Waals surface area contributed by atoms with Gasteiger partial charge in [-0.05, 0) is 62.4 Å². The monoisotopic (exact) mass is 481 g/mol. The first kappa shape index (κ1) is 24.7. The fraction of sp³-hybridized carbons (Fsp3) is 0.160. The van der Waals surface area contributed by atoms with E-state index in [2.05, 4.69) is 17.4 Å². The number of benzene rings is 3. The lowest BCUT2D eigenvalue weighted by Gasteiger charge is -2.24. The van der Waals surface area contributed by atoms with Gasteiger partial charge in [0.15, 0.2) is 0 Å². The molecule has 0 bridgehead atoms. The Morgan fingerprint density at radius 2 is 1.65 bits per heavy atom. The maximum Gasteiger partial charge on any atom is 0.264 e. The lowest BCUT2D eigenvalue weighted by Crippen LogP contribution is -2.45. The zero-order valence-electron chi connectivity index (χ0n) is 19.0. The number of phenolic OH excluding ortho intramolecular Hbond substituents is 1. The van der Waals surface area contributed by atoms with Gasteiger partial charge in [-0.2, -0.15) is 0 Å². The molecule has 0 radical (unpaired) electrons. The zero-order valence-corrected chi connectivity index (χ0v) is 19.8. The van der Waals surface area contributed by atoms with Crippen LogP contribution in [0.15, 0.2) is 84.3 Å². The maximum absolute atomic E-state index is 13.5. The van der Waals surface area contributed by atoms with Crippen molar-refractivity contribution < 1.29 is 23.1 Å². The Morgan fingerprint density at radius 1 is 1.00 bits per heavy atom. The molecule has 3 aromatic rings.